The quantitative estimate of drug-likeness (QED) is 0.584. The summed E-state index contributed by atoms with van der Waals surface area (Å²) in [5, 5.41) is 0. The van der Waals surface area contributed by atoms with E-state index in [9.17, 15) is 0 Å². The lowest BCUT2D eigenvalue weighted by Crippen LogP contribution is -2.23. The molecule has 0 fully saturated rings. The van der Waals surface area contributed by atoms with Gasteiger partial charge in [-0.15, -0.1) is 0 Å². The van der Waals surface area contributed by atoms with E-state index >= 15 is 0 Å². The van der Waals surface area contributed by atoms with E-state index in [1.54, 1.807) is 7.11 Å². The second kappa shape index (κ2) is 7.30. The second-order valence-electron chi connectivity index (χ2n) is 4.53. The van der Waals surface area contributed by atoms with Gasteiger partial charge in [-0.25, -0.2) is 0 Å². The van der Waals surface area contributed by atoms with Crippen molar-refractivity contribution in [1.29, 1.82) is 0 Å². The average Bonchev–Trinajstić information content (AvgIpc) is 2.33. The van der Waals surface area contributed by atoms with Gasteiger partial charge in [-0.2, -0.15) is 0 Å². The molecule has 1 aromatic rings. The molecule has 1 rings (SSSR count). The molecule has 17 heavy (non-hydrogen) atoms. The number of hydrogen-bond acceptors (Lipinski definition) is 3. The number of hydrogen-bond donors (Lipinski definition) is 1. The summed E-state index contributed by atoms with van der Waals surface area (Å²) in [6, 6.07) is 8.53. The fraction of sp³-hybridized carbons (Fsp3) is 0.571. The zero-order valence-corrected chi connectivity index (χ0v) is 11.1. The van der Waals surface area contributed by atoms with Gasteiger partial charge in [0, 0.05) is 25.4 Å². The highest BCUT2D eigenvalue weighted by atomic mass is 16.5. The van der Waals surface area contributed by atoms with E-state index in [4.69, 9.17) is 10.5 Å². The number of rotatable bonds is 7. The Kier molecular flexibility index (Phi) is 6.01. The van der Waals surface area contributed by atoms with Gasteiger partial charge in [0.15, 0.2) is 0 Å². The fourth-order valence-corrected chi connectivity index (χ4v) is 1.87. The Balaban J connectivity index is 2.43. The van der Waals surface area contributed by atoms with Crippen LogP contribution in [-0.4, -0.2) is 32.2 Å². The van der Waals surface area contributed by atoms with Crippen LogP contribution in [0.15, 0.2) is 24.3 Å². The highest BCUT2D eigenvalue weighted by molar-refractivity contribution is 5.41. The van der Waals surface area contributed by atoms with Crippen molar-refractivity contribution in [2.75, 3.05) is 33.0 Å². The molecule has 1 atom stereocenters. The van der Waals surface area contributed by atoms with Crippen molar-refractivity contribution in [1.82, 2.24) is 4.90 Å². The van der Waals surface area contributed by atoms with E-state index in [1.807, 2.05) is 12.1 Å². The van der Waals surface area contributed by atoms with Crippen molar-refractivity contribution < 1.29 is 4.74 Å². The van der Waals surface area contributed by atoms with Gasteiger partial charge in [0.2, 0.25) is 0 Å². The zero-order valence-electron chi connectivity index (χ0n) is 11.1. The minimum absolute atomic E-state index is 0.404. The normalized spacial score (nSPS) is 12.9. The molecule has 0 aliphatic heterocycles. The van der Waals surface area contributed by atoms with Crippen LogP contribution in [0, 0.1) is 0 Å². The Bertz CT molecular complexity index is 328. The molecule has 0 saturated heterocycles. The molecular formula is C14H24N2O. The molecule has 0 amide bonds. The van der Waals surface area contributed by atoms with E-state index in [0.717, 1.165) is 31.7 Å². The van der Waals surface area contributed by atoms with E-state index in [1.165, 1.54) is 5.56 Å². The number of methoxy groups -OCH3 is 1. The molecular weight excluding hydrogens is 212 g/mol. The van der Waals surface area contributed by atoms with Crippen molar-refractivity contribution in [2.24, 2.45) is 0 Å². The third-order valence-electron chi connectivity index (χ3n) is 3.16. The lowest BCUT2D eigenvalue weighted by Gasteiger charge is -2.25. The fourth-order valence-electron chi connectivity index (χ4n) is 1.87. The van der Waals surface area contributed by atoms with Crippen molar-refractivity contribution in [2.45, 2.75) is 25.8 Å². The molecule has 3 nitrogen and oxygen atoms in total. The van der Waals surface area contributed by atoms with Crippen LogP contribution in [-0.2, 0) is 4.74 Å². The van der Waals surface area contributed by atoms with Crippen molar-refractivity contribution in [3.8, 4) is 0 Å². The first-order chi connectivity index (χ1) is 8.15. The van der Waals surface area contributed by atoms with E-state index in [2.05, 4.69) is 31.0 Å². The van der Waals surface area contributed by atoms with Gasteiger partial charge >= 0.3 is 0 Å². The maximum absolute atomic E-state index is 5.80. The smallest absolute Gasteiger partial charge is 0.0462 e. The molecule has 0 heterocycles. The number of ether oxygens (including phenoxy) is 1. The first kappa shape index (κ1) is 14.0. The van der Waals surface area contributed by atoms with Crippen LogP contribution >= 0.6 is 0 Å². The zero-order chi connectivity index (χ0) is 12.7. The van der Waals surface area contributed by atoms with Crippen LogP contribution < -0.4 is 5.73 Å². The van der Waals surface area contributed by atoms with E-state index in [0.29, 0.717) is 6.04 Å². The van der Waals surface area contributed by atoms with Gasteiger partial charge in [0.05, 0.1) is 0 Å². The third kappa shape index (κ3) is 4.75. The van der Waals surface area contributed by atoms with Crippen LogP contribution in [0.25, 0.3) is 0 Å². The number of nitrogens with two attached hydrogens (primary N) is 1. The number of benzene rings is 1. The highest BCUT2D eigenvalue weighted by Gasteiger charge is 2.10. The molecule has 1 aromatic carbocycles. The first-order valence-electron chi connectivity index (χ1n) is 6.19. The summed E-state index contributed by atoms with van der Waals surface area (Å²) < 4.78 is 5.05. The Morgan fingerprint density at radius 3 is 2.76 bits per heavy atom. The van der Waals surface area contributed by atoms with Crippen LogP contribution in [0.3, 0.4) is 0 Å². The van der Waals surface area contributed by atoms with Crippen LogP contribution in [0.5, 0.6) is 0 Å². The minimum atomic E-state index is 0.404. The monoisotopic (exact) mass is 236 g/mol. The van der Waals surface area contributed by atoms with Crippen molar-refractivity contribution in [3.05, 3.63) is 29.8 Å². The second-order valence-corrected chi connectivity index (χ2v) is 4.53. The lowest BCUT2D eigenvalue weighted by molar-refractivity contribution is 0.182. The molecule has 0 saturated carbocycles. The summed E-state index contributed by atoms with van der Waals surface area (Å²) >= 11 is 0. The van der Waals surface area contributed by atoms with Gasteiger partial charge in [-0.3, -0.25) is 4.90 Å². The average molecular weight is 236 g/mol. The van der Waals surface area contributed by atoms with Crippen LogP contribution in [0.2, 0.25) is 0 Å². The molecule has 0 spiro atoms. The first-order valence-corrected chi connectivity index (χ1v) is 6.19. The molecule has 0 aromatic heterocycles. The molecule has 2 N–H and O–H groups in total. The predicted octanol–water partition coefficient (Wildman–Crippen LogP) is 2.69. The molecule has 0 bridgehead atoms. The summed E-state index contributed by atoms with van der Waals surface area (Å²) in [4.78, 5) is 2.35. The molecule has 96 valence electrons. The number of anilines is 1. The third-order valence-corrected chi connectivity index (χ3v) is 3.16. The number of unbranched alkanes of at least 4 members (excludes halogenated alkanes) is 1. The summed E-state index contributed by atoms with van der Waals surface area (Å²) in [5.74, 6) is 0. The van der Waals surface area contributed by atoms with E-state index in [-0.39, 0.29) is 0 Å². The molecule has 0 aliphatic rings. The van der Waals surface area contributed by atoms with Gasteiger partial charge in [-0.1, -0.05) is 12.1 Å². The Hall–Kier alpha value is -1.06. The summed E-state index contributed by atoms with van der Waals surface area (Å²) in [5.41, 5.74) is 7.91. The van der Waals surface area contributed by atoms with E-state index < -0.39 is 0 Å². The lowest BCUT2D eigenvalue weighted by atomic mass is 10.1. The maximum Gasteiger partial charge on any atom is 0.0462 e. The Morgan fingerprint density at radius 1 is 1.35 bits per heavy atom. The van der Waals surface area contributed by atoms with Gasteiger partial charge < -0.3 is 10.5 Å². The topological polar surface area (TPSA) is 38.5 Å². The number of nitrogens with zero attached hydrogens (tertiary/aromatic N) is 1. The summed E-state index contributed by atoms with van der Waals surface area (Å²) in [7, 11) is 3.90. The Morgan fingerprint density at radius 2 is 2.12 bits per heavy atom. The van der Waals surface area contributed by atoms with Gasteiger partial charge in [0.25, 0.3) is 0 Å². The van der Waals surface area contributed by atoms with Crippen molar-refractivity contribution in [3.63, 3.8) is 0 Å². The van der Waals surface area contributed by atoms with Crippen LogP contribution in [0.1, 0.15) is 31.4 Å². The molecule has 0 radical (unpaired) electrons. The van der Waals surface area contributed by atoms with Gasteiger partial charge in [-0.05, 0) is 51.1 Å². The van der Waals surface area contributed by atoms with Crippen molar-refractivity contribution >= 4 is 5.69 Å². The van der Waals surface area contributed by atoms with Gasteiger partial charge in [0.1, 0.15) is 0 Å². The standard InChI is InChI=1S/C14H24N2O/c1-12(13-7-6-8-14(15)11-13)16(2)9-4-5-10-17-3/h6-8,11-12H,4-5,9-10,15H2,1-3H3. The maximum atomic E-state index is 5.80. The highest BCUT2D eigenvalue weighted by Crippen LogP contribution is 2.20. The summed E-state index contributed by atoms with van der Waals surface area (Å²) in [6.45, 7) is 4.14. The SMILES string of the molecule is COCCCCN(C)C(C)c1cccc(N)c1. The minimum Gasteiger partial charge on any atom is -0.399 e. The predicted molar refractivity (Wildman–Crippen MR) is 73.0 cm³/mol. The molecule has 0 aliphatic carbocycles. The van der Waals surface area contributed by atoms with Crippen LogP contribution in [0.4, 0.5) is 5.69 Å². The molecule has 1 unspecified atom stereocenters. The summed E-state index contributed by atoms with van der Waals surface area (Å²) in [6.07, 6.45) is 2.28. The number of nitrogen functional groups attached to an aromatic ring is 1. The molecule has 3 heteroatoms. The Labute approximate surface area is 105 Å². The largest absolute Gasteiger partial charge is 0.399 e.